The molecule has 0 spiro atoms. The summed E-state index contributed by atoms with van der Waals surface area (Å²) < 4.78 is 0. The summed E-state index contributed by atoms with van der Waals surface area (Å²) in [5, 5.41) is 8.97. The van der Waals surface area contributed by atoms with E-state index in [0.717, 1.165) is 5.92 Å². The highest BCUT2D eigenvalue weighted by Crippen LogP contribution is 2.42. The number of aromatic carboxylic acids is 1. The fourth-order valence-electron chi connectivity index (χ4n) is 3.93. The van der Waals surface area contributed by atoms with E-state index in [9.17, 15) is 4.79 Å². The zero-order valence-corrected chi connectivity index (χ0v) is 11.4. The van der Waals surface area contributed by atoms with E-state index in [2.05, 4.69) is 11.8 Å². The number of hydrogen-bond donors (Lipinski definition) is 1. The van der Waals surface area contributed by atoms with Gasteiger partial charge in [0.25, 0.3) is 0 Å². The summed E-state index contributed by atoms with van der Waals surface area (Å²) in [5.41, 5.74) is 1.56. The molecule has 102 valence electrons. The highest BCUT2D eigenvalue weighted by molar-refractivity contribution is 5.88. The van der Waals surface area contributed by atoms with E-state index in [-0.39, 0.29) is 0 Å². The van der Waals surface area contributed by atoms with Crippen molar-refractivity contribution in [3.8, 4) is 0 Å². The number of fused-ring (bicyclic) bond motifs is 1. The Hall–Kier alpha value is -1.51. The summed E-state index contributed by atoms with van der Waals surface area (Å²) in [6.07, 6.45) is 6.64. The molecule has 1 aliphatic carbocycles. The second-order valence-corrected chi connectivity index (χ2v) is 5.96. The molecule has 1 aliphatic heterocycles. The monoisotopic (exact) mass is 259 g/mol. The Balaban J connectivity index is 1.85. The van der Waals surface area contributed by atoms with Crippen LogP contribution in [-0.4, -0.2) is 23.2 Å². The zero-order valence-electron chi connectivity index (χ0n) is 11.4. The van der Waals surface area contributed by atoms with Crippen LogP contribution in [0.4, 0.5) is 5.69 Å². The molecular weight excluding hydrogens is 238 g/mol. The average molecular weight is 259 g/mol. The van der Waals surface area contributed by atoms with E-state index in [4.69, 9.17) is 5.11 Å². The third-order valence-electron chi connectivity index (χ3n) is 4.76. The van der Waals surface area contributed by atoms with Crippen molar-refractivity contribution in [3.05, 3.63) is 29.8 Å². The van der Waals surface area contributed by atoms with Crippen molar-refractivity contribution in [1.29, 1.82) is 0 Å². The van der Waals surface area contributed by atoms with Crippen LogP contribution in [0.2, 0.25) is 0 Å². The minimum Gasteiger partial charge on any atom is -0.478 e. The number of hydrogen-bond acceptors (Lipinski definition) is 2. The summed E-state index contributed by atoms with van der Waals surface area (Å²) in [6, 6.07) is 8.62. The summed E-state index contributed by atoms with van der Waals surface area (Å²) in [6.45, 7) is 2.30. The molecule has 2 fully saturated rings. The Labute approximate surface area is 114 Å². The van der Waals surface area contributed by atoms with Crippen LogP contribution in [0.5, 0.6) is 0 Å². The predicted octanol–water partition coefficient (Wildman–Crippen LogP) is 3.54. The van der Waals surface area contributed by atoms with Crippen molar-refractivity contribution in [1.82, 2.24) is 0 Å². The van der Waals surface area contributed by atoms with E-state index >= 15 is 0 Å². The Morgan fingerprint density at radius 3 is 2.58 bits per heavy atom. The van der Waals surface area contributed by atoms with Gasteiger partial charge in [0.1, 0.15) is 0 Å². The maximum atomic E-state index is 10.9. The first-order valence-corrected chi connectivity index (χ1v) is 7.28. The van der Waals surface area contributed by atoms with Gasteiger partial charge in [0.05, 0.1) is 5.56 Å². The van der Waals surface area contributed by atoms with Gasteiger partial charge in [0.15, 0.2) is 0 Å². The van der Waals surface area contributed by atoms with Crippen LogP contribution in [-0.2, 0) is 0 Å². The molecule has 3 heteroatoms. The second-order valence-electron chi connectivity index (χ2n) is 5.96. The third-order valence-corrected chi connectivity index (χ3v) is 4.76. The topological polar surface area (TPSA) is 40.5 Å². The van der Waals surface area contributed by atoms with Crippen LogP contribution in [0.3, 0.4) is 0 Å². The smallest absolute Gasteiger partial charge is 0.335 e. The fraction of sp³-hybridized carbons (Fsp3) is 0.562. The molecule has 1 saturated heterocycles. The standard InChI is InChI=1S/C16H21NO2/c1-11-10-13-4-2-3-5-15(13)17(11)14-8-6-12(7-9-14)16(18)19/h6-9,11,13,15H,2-5,10H2,1H3,(H,18,19). The lowest BCUT2D eigenvalue weighted by Gasteiger charge is -2.35. The number of carboxylic acid groups (broad SMARTS) is 1. The second kappa shape index (κ2) is 4.87. The lowest BCUT2D eigenvalue weighted by Crippen LogP contribution is -2.37. The fourth-order valence-corrected chi connectivity index (χ4v) is 3.93. The molecule has 1 aromatic rings. The molecule has 3 unspecified atom stereocenters. The van der Waals surface area contributed by atoms with Crippen molar-refractivity contribution in [2.75, 3.05) is 4.90 Å². The van der Waals surface area contributed by atoms with Crippen LogP contribution in [0.15, 0.2) is 24.3 Å². The van der Waals surface area contributed by atoms with Gasteiger partial charge in [-0.1, -0.05) is 12.8 Å². The van der Waals surface area contributed by atoms with Gasteiger partial charge in [0, 0.05) is 17.8 Å². The van der Waals surface area contributed by atoms with Gasteiger partial charge >= 0.3 is 5.97 Å². The molecular formula is C16H21NO2. The summed E-state index contributed by atoms with van der Waals surface area (Å²) in [4.78, 5) is 13.4. The van der Waals surface area contributed by atoms with E-state index in [1.54, 1.807) is 12.1 Å². The van der Waals surface area contributed by atoms with Gasteiger partial charge in [-0.15, -0.1) is 0 Å². The minimum atomic E-state index is -0.850. The number of rotatable bonds is 2. The van der Waals surface area contributed by atoms with Crippen LogP contribution >= 0.6 is 0 Å². The normalized spacial score (nSPS) is 30.2. The quantitative estimate of drug-likeness (QED) is 0.883. The molecule has 2 aliphatic rings. The number of carboxylic acids is 1. The maximum absolute atomic E-state index is 10.9. The van der Waals surface area contributed by atoms with E-state index in [0.29, 0.717) is 17.6 Å². The molecule has 1 saturated carbocycles. The summed E-state index contributed by atoms with van der Waals surface area (Å²) >= 11 is 0. The molecule has 1 aromatic carbocycles. The minimum absolute atomic E-state index is 0.371. The van der Waals surface area contributed by atoms with Gasteiger partial charge in [-0.05, 0) is 56.4 Å². The van der Waals surface area contributed by atoms with Crippen LogP contribution in [0, 0.1) is 5.92 Å². The number of benzene rings is 1. The molecule has 0 radical (unpaired) electrons. The molecule has 1 N–H and O–H groups in total. The Kier molecular flexibility index (Phi) is 3.21. The number of carbonyl (C=O) groups is 1. The van der Waals surface area contributed by atoms with Gasteiger partial charge < -0.3 is 10.0 Å². The van der Waals surface area contributed by atoms with Crippen LogP contribution < -0.4 is 4.90 Å². The predicted molar refractivity (Wildman–Crippen MR) is 75.7 cm³/mol. The maximum Gasteiger partial charge on any atom is 0.335 e. The van der Waals surface area contributed by atoms with Crippen molar-refractivity contribution in [2.24, 2.45) is 5.92 Å². The van der Waals surface area contributed by atoms with E-state index < -0.39 is 5.97 Å². The van der Waals surface area contributed by atoms with Gasteiger partial charge in [-0.2, -0.15) is 0 Å². The van der Waals surface area contributed by atoms with Crippen molar-refractivity contribution >= 4 is 11.7 Å². The van der Waals surface area contributed by atoms with E-state index in [1.165, 1.54) is 37.8 Å². The highest BCUT2D eigenvalue weighted by atomic mass is 16.4. The molecule has 0 amide bonds. The first-order valence-electron chi connectivity index (χ1n) is 7.28. The Morgan fingerprint density at radius 1 is 1.21 bits per heavy atom. The molecule has 0 aromatic heterocycles. The number of nitrogens with zero attached hydrogens (tertiary/aromatic N) is 1. The van der Waals surface area contributed by atoms with Crippen LogP contribution in [0.1, 0.15) is 49.4 Å². The Morgan fingerprint density at radius 2 is 1.89 bits per heavy atom. The highest BCUT2D eigenvalue weighted by Gasteiger charge is 2.39. The molecule has 1 heterocycles. The van der Waals surface area contributed by atoms with Crippen LogP contribution in [0.25, 0.3) is 0 Å². The van der Waals surface area contributed by atoms with Crippen molar-refractivity contribution in [3.63, 3.8) is 0 Å². The SMILES string of the molecule is CC1CC2CCCCC2N1c1ccc(C(=O)O)cc1. The lowest BCUT2D eigenvalue weighted by atomic mass is 9.85. The molecule has 19 heavy (non-hydrogen) atoms. The summed E-state index contributed by atoms with van der Waals surface area (Å²) in [7, 11) is 0. The Bertz CT molecular complexity index is 468. The lowest BCUT2D eigenvalue weighted by molar-refractivity contribution is 0.0697. The largest absolute Gasteiger partial charge is 0.478 e. The first-order chi connectivity index (χ1) is 9.16. The molecule has 3 nitrogen and oxygen atoms in total. The zero-order chi connectivity index (χ0) is 13.4. The molecule has 3 atom stereocenters. The first kappa shape index (κ1) is 12.5. The third kappa shape index (κ3) is 2.22. The molecule has 0 bridgehead atoms. The van der Waals surface area contributed by atoms with Gasteiger partial charge in [-0.3, -0.25) is 0 Å². The molecule has 3 rings (SSSR count). The average Bonchev–Trinajstić information content (AvgIpc) is 2.74. The van der Waals surface area contributed by atoms with Crippen molar-refractivity contribution < 1.29 is 9.90 Å². The van der Waals surface area contributed by atoms with Crippen molar-refractivity contribution in [2.45, 2.75) is 51.1 Å². The van der Waals surface area contributed by atoms with E-state index in [1.807, 2.05) is 12.1 Å². The van der Waals surface area contributed by atoms with Gasteiger partial charge in [-0.25, -0.2) is 4.79 Å². The number of anilines is 1. The van der Waals surface area contributed by atoms with Gasteiger partial charge in [0.2, 0.25) is 0 Å². The summed E-state index contributed by atoms with van der Waals surface area (Å²) in [5.74, 6) is -0.0144.